The molecular weight excluding hydrogens is 346 g/mol. The van der Waals surface area contributed by atoms with Gasteiger partial charge in [0, 0.05) is 0 Å². The number of benzene rings is 1. The standard InChI is InChI=1S/C19H24F2O5/c1-17(2,3)25-14-9-7-13(8-10-14)15(22)26-18(11-5-4-6-12-18)19(20,21)16(23)24/h7-10H,4-6,11-12H2,1-3H3,(H,23,24). The van der Waals surface area contributed by atoms with E-state index in [1.54, 1.807) is 12.1 Å². The number of aliphatic carboxylic acids is 1. The fourth-order valence-corrected chi connectivity index (χ4v) is 3.05. The fraction of sp³-hybridized carbons (Fsp3) is 0.579. The van der Waals surface area contributed by atoms with Crippen LogP contribution < -0.4 is 4.74 Å². The number of carboxylic acids is 1. The average molecular weight is 370 g/mol. The normalized spacial score (nSPS) is 17.4. The summed E-state index contributed by atoms with van der Waals surface area (Å²) >= 11 is 0. The van der Waals surface area contributed by atoms with Crippen molar-refractivity contribution >= 4 is 11.9 Å². The molecule has 1 N–H and O–H groups in total. The second-order valence-electron chi connectivity index (χ2n) is 7.56. The van der Waals surface area contributed by atoms with Crippen LogP contribution >= 0.6 is 0 Å². The Morgan fingerprint density at radius 2 is 1.58 bits per heavy atom. The molecule has 0 aliphatic heterocycles. The van der Waals surface area contributed by atoms with Gasteiger partial charge in [-0.15, -0.1) is 0 Å². The van der Waals surface area contributed by atoms with E-state index < -0.39 is 29.1 Å². The lowest BCUT2D eigenvalue weighted by Gasteiger charge is -2.40. The number of rotatable bonds is 5. The van der Waals surface area contributed by atoms with E-state index in [-0.39, 0.29) is 18.4 Å². The van der Waals surface area contributed by atoms with E-state index in [1.165, 1.54) is 12.1 Å². The predicted octanol–water partition coefficient (Wildman–Crippen LogP) is 4.44. The number of alkyl halides is 2. The van der Waals surface area contributed by atoms with Crippen molar-refractivity contribution in [2.75, 3.05) is 0 Å². The van der Waals surface area contributed by atoms with Gasteiger partial charge in [-0.05, 0) is 70.7 Å². The second kappa shape index (κ2) is 7.21. The summed E-state index contributed by atoms with van der Waals surface area (Å²) < 4.78 is 39.4. The van der Waals surface area contributed by atoms with Crippen LogP contribution in [-0.4, -0.2) is 34.2 Å². The summed E-state index contributed by atoms with van der Waals surface area (Å²) in [5, 5.41) is 8.93. The number of hydrogen-bond donors (Lipinski definition) is 1. The quantitative estimate of drug-likeness (QED) is 0.776. The highest BCUT2D eigenvalue weighted by Crippen LogP contribution is 2.44. The Balaban J connectivity index is 2.21. The van der Waals surface area contributed by atoms with Gasteiger partial charge in [0.25, 0.3) is 0 Å². The van der Waals surface area contributed by atoms with Crippen LogP contribution in [0.15, 0.2) is 24.3 Å². The Hall–Kier alpha value is -2.18. The van der Waals surface area contributed by atoms with Gasteiger partial charge in [-0.2, -0.15) is 8.78 Å². The largest absolute Gasteiger partial charge is 0.488 e. The van der Waals surface area contributed by atoms with Crippen LogP contribution in [0, 0.1) is 0 Å². The van der Waals surface area contributed by atoms with Crippen molar-refractivity contribution in [1.82, 2.24) is 0 Å². The summed E-state index contributed by atoms with van der Waals surface area (Å²) in [4.78, 5) is 23.5. The highest BCUT2D eigenvalue weighted by molar-refractivity contribution is 5.90. The molecule has 1 aliphatic carbocycles. The molecule has 0 aromatic heterocycles. The first-order valence-corrected chi connectivity index (χ1v) is 8.60. The van der Waals surface area contributed by atoms with Crippen molar-refractivity contribution in [3.8, 4) is 5.75 Å². The van der Waals surface area contributed by atoms with Gasteiger partial charge in [0.05, 0.1) is 5.56 Å². The number of halogens is 2. The minimum Gasteiger partial charge on any atom is -0.488 e. The fourth-order valence-electron chi connectivity index (χ4n) is 3.05. The van der Waals surface area contributed by atoms with Gasteiger partial charge >= 0.3 is 17.9 Å². The third-order valence-electron chi connectivity index (χ3n) is 4.30. The summed E-state index contributed by atoms with van der Waals surface area (Å²) in [6.45, 7) is 5.61. The lowest BCUT2D eigenvalue weighted by atomic mass is 9.79. The molecule has 144 valence electrons. The SMILES string of the molecule is CC(C)(C)Oc1ccc(C(=O)OC2(C(F)(F)C(=O)O)CCCCC2)cc1. The van der Waals surface area contributed by atoms with Gasteiger partial charge in [0.1, 0.15) is 11.4 Å². The first-order chi connectivity index (χ1) is 12.0. The molecule has 0 spiro atoms. The number of ether oxygens (including phenoxy) is 2. The molecule has 7 heteroatoms. The Labute approximate surface area is 151 Å². The predicted molar refractivity (Wildman–Crippen MR) is 90.6 cm³/mol. The zero-order valence-electron chi connectivity index (χ0n) is 15.2. The molecular formula is C19H24F2O5. The van der Waals surface area contributed by atoms with E-state index in [9.17, 15) is 18.4 Å². The van der Waals surface area contributed by atoms with Crippen LogP contribution in [0.2, 0.25) is 0 Å². The molecule has 0 amide bonds. The van der Waals surface area contributed by atoms with E-state index >= 15 is 0 Å². The molecule has 0 heterocycles. The average Bonchev–Trinajstić information content (AvgIpc) is 2.54. The van der Waals surface area contributed by atoms with Crippen molar-refractivity contribution in [2.45, 2.75) is 70.0 Å². The van der Waals surface area contributed by atoms with Crippen molar-refractivity contribution in [1.29, 1.82) is 0 Å². The Bertz CT molecular complexity index is 656. The zero-order valence-corrected chi connectivity index (χ0v) is 15.2. The molecule has 0 atom stereocenters. The molecule has 1 saturated carbocycles. The summed E-state index contributed by atoms with van der Waals surface area (Å²) in [6, 6.07) is 5.92. The smallest absolute Gasteiger partial charge is 0.381 e. The first kappa shape index (κ1) is 20.1. The molecule has 1 aromatic carbocycles. The molecule has 5 nitrogen and oxygen atoms in total. The second-order valence-corrected chi connectivity index (χ2v) is 7.56. The molecule has 1 aliphatic rings. The third-order valence-corrected chi connectivity index (χ3v) is 4.30. The van der Waals surface area contributed by atoms with Gasteiger partial charge in [0.2, 0.25) is 0 Å². The molecule has 0 radical (unpaired) electrons. The highest BCUT2D eigenvalue weighted by Gasteiger charge is 2.62. The lowest BCUT2D eigenvalue weighted by Crippen LogP contribution is -2.56. The van der Waals surface area contributed by atoms with E-state index in [0.717, 1.165) is 0 Å². The van der Waals surface area contributed by atoms with E-state index in [0.29, 0.717) is 25.0 Å². The van der Waals surface area contributed by atoms with Crippen molar-refractivity contribution in [3.63, 3.8) is 0 Å². The number of carbonyl (C=O) groups excluding carboxylic acids is 1. The Morgan fingerprint density at radius 3 is 2.04 bits per heavy atom. The van der Waals surface area contributed by atoms with Gasteiger partial charge in [-0.1, -0.05) is 6.42 Å². The van der Waals surface area contributed by atoms with Crippen molar-refractivity contribution < 1.29 is 33.0 Å². The molecule has 0 bridgehead atoms. The minimum atomic E-state index is -4.14. The topological polar surface area (TPSA) is 72.8 Å². The molecule has 0 saturated heterocycles. The van der Waals surface area contributed by atoms with Gasteiger partial charge in [0.15, 0.2) is 5.60 Å². The maximum absolute atomic E-state index is 14.3. The molecule has 1 fully saturated rings. The van der Waals surface area contributed by atoms with Gasteiger partial charge in [-0.3, -0.25) is 0 Å². The minimum absolute atomic E-state index is 0.0670. The van der Waals surface area contributed by atoms with Crippen molar-refractivity contribution in [2.24, 2.45) is 0 Å². The summed E-state index contributed by atoms with van der Waals surface area (Å²) in [5.74, 6) is -6.85. The summed E-state index contributed by atoms with van der Waals surface area (Å²) in [6.07, 6.45) is 1.11. The summed E-state index contributed by atoms with van der Waals surface area (Å²) in [7, 11) is 0. The van der Waals surface area contributed by atoms with E-state index in [4.69, 9.17) is 14.6 Å². The number of esters is 1. The maximum atomic E-state index is 14.3. The van der Waals surface area contributed by atoms with Gasteiger partial charge < -0.3 is 14.6 Å². The molecule has 2 rings (SSSR count). The van der Waals surface area contributed by atoms with Crippen LogP contribution in [0.1, 0.15) is 63.2 Å². The van der Waals surface area contributed by atoms with Crippen LogP contribution in [-0.2, 0) is 9.53 Å². The van der Waals surface area contributed by atoms with Crippen LogP contribution in [0.4, 0.5) is 8.78 Å². The molecule has 1 aromatic rings. The van der Waals surface area contributed by atoms with Gasteiger partial charge in [-0.25, -0.2) is 9.59 Å². The van der Waals surface area contributed by atoms with Crippen LogP contribution in [0.5, 0.6) is 5.75 Å². The van der Waals surface area contributed by atoms with Crippen LogP contribution in [0.3, 0.4) is 0 Å². The monoisotopic (exact) mass is 370 g/mol. The third kappa shape index (κ3) is 4.31. The Kier molecular flexibility index (Phi) is 5.58. The molecule has 0 unspecified atom stereocenters. The first-order valence-electron chi connectivity index (χ1n) is 8.60. The number of hydrogen-bond acceptors (Lipinski definition) is 4. The Morgan fingerprint density at radius 1 is 1.04 bits per heavy atom. The summed E-state index contributed by atoms with van der Waals surface area (Å²) in [5.41, 5.74) is -2.66. The zero-order chi connectivity index (χ0) is 19.6. The number of carboxylic acid groups (broad SMARTS) is 1. The highest BCUT2D eigenvalue weighted by atomic mass is 19.3. The van der Waals surface area contributed by atoms with E-state index in [2.05, 4.69) is 0 Å². The van der Waals surface area contributed by atoms with Crippen molar-refractivity contribution in [3.05, 3.63) is 29.8 Å². The van der Waals surface area contributed by atoms with E-state index in [1.807, 2.05) is 20.8 Å². The lowest BCUT2D eigenvalue weighted by molar-refractivity contribution is -0.215. The van der Waals surface area contributed by atoms with Crippen LogP contribution in [0.25, 0.3) is 0 Å². The number of carbonyl (C=O) groups is 2. The maximum Gasteiger partial charge on any atom is 0.381 e. The molecule has 26 heavy (non-hydrogen) atoms.